The zero-order valence-electron chi connectivity index (χ0n) is 16.3. The van der Waals surface area contributed by atoms with Gasteiger partial charge >= 0.3 is 0 Å². The molecule has 1 fully saturated rings. The quantitative estimate of drug-likeness (QED) is 0.669. The number of nitrogens with zero attached hydrogens (tertiary/aromatic N) is 1. The van der Waals surface area contributed by atoms with Gasteiger partial charge in [-0.1, -0.05) is 0 Å². The summed E-state index contributed by atoms with van der Waals surface area (Å²) in [5, 5.41) is 1.25. The Bertz CT molecular complexity index is 987. The number of rotatable bonds is 3. The van der Waals surface area contributed by atoms with Crippen molar-refractivity contribution in [3.8, 4) is 5.75 Å². The maximum absolute atomic E-state index is 13.0. The number of piperidine rings is 1. The number of aryl methyl sites for hydroxylation is 2. The average Bonchev–Trinajstić information content (AvgIpc) is 3.37. The number of ether oxygens (including phenoxy) is 1. The van der Waals surface area contributed by atoms with E-state index in [1.165, 1.54) is 34.2 Å². The fraction of sp³-hybridized carbons (Fsp3) is 0.435. The lowest BCUT2D eigenvalue weighted by Crippen LogP contribution is -2.37. The van der Waals surface area contributed by atoms with Crippen molar-refractivity contribution >= 4 is 28.1 Å². The van der Waals surface area contributed by atoms with Crippen LogP contribution in [0.1, 0.15) is 57.3 Å². The van der Waals surface area contributed by atoms with Crippen LogP contribution in [0.2, 0.25) is 0 Å². The molecule has 4 nitrogen and oxygen atoms in total. The van der Waals surface area contributed by atoms with Crippen LogP contribution in [-0.4, -0.2) is 36.0 Å². The molecule has 3 heterocycles. The number of carbonyl (C=O) groups excluding carboxylic acids is 1. The van der Waals surface area contributed by atoms with Crippen molar-refractivity contribution in [2.45, 2.75) is 44.4 Å². The molecule has 0 unspecified atom stereocenters. The molecule has 1 aromatic carbocycles. The fourth-order valence-corrected chi connectivity index (χ4v) is 5.95. The highest BCUT2D eigenvalue weighted by molar-refractivity contribution is 7.14. The highest BCUT2D eigenvalue weighted by Crippen LogP contribution is 2.36. The third-order valence-corrected chi connectivity index (χ3v) is 7.58. The summed E-state index contributed by atoms with van der Waals surface area (Å²) in [5.41, 5.74) is 3.92. The van der Waals surface area contributed by atoms with Gasteiger partial charge in [-0.25, -0.2) is 0 Å². The number of carbonyl (C=O) groups is 1. The second-order valence-corrected chi connectivity index (χ2v) is 9.12. The molecule has 2 aliphatic rings. The van der Waals surface area contributed by atoms with Crippen molar-refractivity contribution in [2.75, 3.05) is 20.2 Å². The van der Waals surface area contributed by atoms with E-state index in [2.05, 4.69) is 34.3 Å². The average molecular weight is 395 g/mol. The number of benzene rings is 1. The predicted molar refractivity (Wildman–Crippen MR) is 114 cm³/mol. The Morgan fingerprint density at radius 2 is 2.00 bits per heavy atom. The molecule has 3 aromatic rings. The number of hydrogen-bond acceptors (Lipinski definition) is 3. The molecule has 0 bridgehead atoms. The first kappa shape index (κ1) is 17.8. The van der Waals surface area contributed by atoms with Gasteiger partial charge in [0.25, 0.3) is 5.91 Å². The summed E-state index contributed by atoms with van der Waals surface area (Å²) in [6, 6.07) is 8.35. The van der Waals surface area contributed by atoms with Crippen LogP contribution in [0.3, 0.4) is 0 Å². The fourth-order valence-electron chi connectivity index (χ4n) is 4.73. The number of nitrogens with one attached hydrogen (secondary N) is 1. The van der Waals surface area contributed by atoms with Gasteiger partial charge in [0.1, 0.15) is 5.75 Å². The summed E-state index contributed by atoms with van der Waals surface area (Å²) in [7, 11) is 1.71. The van der Waals surface area contributed by atoms with Gasteiger partial charge in [-0.2, -0.15) is 0 Å². The summed E-state index contributed by atoms with van der Waals surface area (Å²) in [6.45, 7) is 1.67. The van der Waals surface area contributed by atoms with Crippen molar-refractivity contribution in [1.82, 2.24) is 9.88 Å². The van der Waals surface area contributed by atoms with Crippen molar-refractivity contribution in [1.29, 1.82) is 0 Å². The van der Waals surface area contributed by atoms with Crippen molar-refractivity contribution in [3.05, 3.63) is 51.3 Å². The Balaban J connectivity index is 1.30. The van der Waals surface area contributed by atoms with Crippen molar-refractivity contribution < 1.29 is 9.53 Å². The molecule has 5 heteroatoms. The summed E-state index contributed by atoms with van der Waals surface area (Å²) in [5.74, 6) is 1.61. The molecule has 1 aliphatic heterocycles. The summed E-state index contributed by atoms with van der Waals surface area (Å²) in [4.78, 5) is 20.9. The van der Waals surface area contributed by atoms with E-state index in [0.29, 0.717) is 5.92 Å². The summed E-state index contributed by atoms with van der Waals surface area (Å²) in [6.07, 6.45) is 8.99. The van der Waals surface area contributed by atoms with Crippen LogP contribution >= 0.6 is 11.3 Å². The zero-order valence-corrected chi connectivity index (χ0v) is 17.1. The number of aromatic nitrogens is 1. The first-order valence-corrected chi connectivity index (χ1v) is 11.1. The molecular weight excluding hydrogens is 368 g/mol. The van der Waals surface area contributed by atoms with E-state index in [1.807, 2.05) is 6.07 Å². The molecule has 0 radical (unpaired) electrons. The van der Waals surface area contributed by atoms with Crippen LogP contribution < -0.4 is 4.74 Å². The van der Waals surface area contributed by atoms with E-state index >= 15 is 0 Å². The van der Waals surface area contributed by atoms with Crippen LogP contribution in [0.5, 0.6) is 5.75 Å². The third-order valence-electron chi connectivity index (χ3n) is 6.35. The van der Waals surface area contributed by atoms with Gasteiger partial charge in [0.2, 0.25) is 0 Å². The van der Waals surface area contributed by atoms with Gasteiger partial charge in [-0.05, 0) is 79.8 Å². The minimum absolute atomic E-state index is 0.235. The van der Waals surface area contributed by atoms with E-state index in [-0.39, 0.29) is 5.91 Å². The lowest BCUT2D eigenvalue weighted by atomic mass is 9.89. The van der Waals surface area contributed by atoms with E-state index in [1.54, 1.807) is 18.4 Å². The van der Waals surface area contributed by atoms with Gasteiger partial charge in [-0.3, -0.25) is 4.79 Å². The SMILES string of the molecule is COc1ccc2[nH]cc(C3CCN(C(=O)c4cc5c(s4)CCCC5)CC3)c2c1. The molecule has 0 atom stereocenters. The highest BCUT2D eigenvalue weighted by atomic mass is 32.1. The summed E-state index contributed by atoms with van der Waals surface area (Å²) >= 11 is 1.73. The number of aromatic amines is 1. The highest BCUT2D eigenvalue weighted by Gasteiger charge is 2.28. The minimum Gasteiger partial charge on any atom is -0.497 e. The molecule has 146 valence electrons. The van der Waals surface area contributed by atoms with Crippen LogP contribution in [0.25, 0.3) is 10.9 Å². The number of likely N-dealkylation sites (tertiary alicyclic amines) is 1. The standard InChI is InChI=1S/C23H26N2O2S/c1-27-17-6-7-20-18(13-17)19(14-24-20)15-8-10-25(11-9-15)23(26)22-12-16-4-2-3-5-21(16)28-22/h6-7,12-15,24H,2-5,8-11H2,1H3. The normalized spacial score (nSPS) is 17.7. The number of thiophene rings is 1. The van der Waals surface area contributed by atoms with E-state index < -0.39 is 0 Å². The van der Waals surface area contributed by atoms with Gasteiger partial charge < -0.3 is 14.6 Å². The molecule has 1 N–H and O–H groups in total. The number of amides is 1. The lowest BCUT2D eigenvalue weighted by Gasteiger charge is -2.31. The minimum atomic E-state index is 0.235. The first-order chi connectivity index (χ1) is 13.7. The van der Waals surface area contributed by atoms with Crippen molar-refractivity contribution in [2.24, 2.45) is 0 Å². The van der Waals surface area contributed by atoms with Crippen LogP contribution in [-0.2, 0) is 12.8 Å². The Morgan fingerprint density at radius 3 is 2.79 bits per heavy atom. The largest absolute Gasteiger partial charge is 0.497 e. The molecule has 5 rings (SSSR count). The predicted octanol–water partition coefficient (Wildman–Crippen LogP) is 5.14. The van der Waals surface area contributed by atoms with E-state index in [0.717, 1.165) is 54.9 Å². The molecule has 1 amide bonds. The van der Waals surface area contributed by atoms with E-state index in [4.69, 9.17) is 4.74 Å². The monoisotopic (exact) mass is 394 g/mol. The molecule has 2 aromatic heterocycles. The third kappa shape index (κ3) is 3.12. The molecule has 1 aliphatic carbocycles. The Labute approximate surface area is 169 Å². The Kier molecular flexibility index (Phi) is 4.63. The van der Waals surface area contributed by atoms with E-state index in [9.17, 15) is 4.79 Å². The van der Waals surface area contributed by atoms with Gasteiger partial charge in [0.15, 0.2) is 0 Å². The lowest BCUT2D eigenvalue weighted by molar-refractivity contribution is 0.0718. The maximum atomic E-state index is 13.0. The second-order valence-electron chi connectivity index (χ2n) is 7.99. The van der Waals surface area contributed by atoms with Crippen LogP contribution in [0.4, 0.5) is 0 Å². The Hall–Kier alpha value is -2.27. The molecule has 0 spiro atoms. The smallest absolute Gasteiger partial charge is 0.263 e. The number of hydrogen-bond donors (Lipinski definition) is 1. The number of methoxy groups -OCH3 is 1. The molecule has 1 saturated heterocycles. The second kappa shape index (κ2) is 7.28. The topological polar surface area (TPSA) is 45.3 Å². The first-order valence-electron chi connectivity index (χ1n) is 10.3. The number of H-pyrrole nitrogens is 1. The van der Waals surface area contributed by atoms with Gasteiger partial charge in [0.05, 0.1) is 12.0 Å². The molecular formula is C23H26N2O2S. The van der Waals surface area contributed by atoms with Gasteiger partial charge in [0, 0.05) is 35.1 Å². The van der Waals surface area contributed by atoms with Crippen LogP contribution in [0.15, 0.2) is 30.5 Å². The summed E-state index contributed by atoms with van der Waals surface area (Å²) < 4.78 is 5.40. The van der Waals surface area contributed by atoms with Gasteiger partial charge in [-0.15, -0.1) is 11.3 Å². The van der Waals surface area contributed by atoms with Crippen molar-refractivity contribution in [3.63, 3.8) is 0 Å². The van der Waals surface area contributed by atoms with Crippen LogP contribution in [0, 0.1) is 0 Å². The molecule has 0 saturated carbocycles. The zero-order chi connectivity index (χ0) is 19.1. The molecule has 28 heavy (non-hydrogen) atoms. The number of fused-ring (bicyclic) bond motifs is 2. The maximum Gasteiger partial charge on any atom is 0.263 e. The Morgan fingerprint density at radius 1 is 1.18 bits per heavy atom.